The van der Waals surface area contributed by atoms with Crippen LogP contribution in [0.3, 0.4) is 0 Å². The van der Waals surface area contributed by atoms with Gasteiger partial charge in [-0.2, -0.15) is 5.10 Å². The van der Waals surface area contributed by atoms with Gasteiger partial charge in [-0.25, -0.2) is 4.98 Å². The first-order valence-corrected chi connectivity index (χ1v) is 5.25. The molecule has 1 N–H and O–H groups in total. The van der Waals surface area contributed by atoms with Crippen molar-refractivity contribution in [3.63, 3.8) is 0 Å². The van der Waals surface area contributed by atoms with Crippen molar-refractivity contribution in [1.29, 1.82) is 0 Å². The van der Waals surface area contributed by atoms with Gasteiger partial charge in [0, 0.05) is 17.0 Å². The third kappa shape index (κ3) is 2.18. The first-order valence-electron chi connectivity index (χ1n) is 4.88. The summed E-state index contributed by atoms with van der Waals surface area (Å²) in [5.41, 5.74) is 2.07. The largest absolute Gasteiger partial charge is 0.263 e. The molecule has 0 radical (unpaired) electrons. The Morgan fingerprint density at radius 1 is 1.33 bits per heavy atom. The van der Waals surface area contributed by atoms with E-state index in [0.29, 0.717) is 10.8 Å². The van der Waals surface area contributed by atoms with Crippen molar-refractivity contribution >= 4 is 11.6 Å². The first kappa shape index (κ1) is 10.2. The average Bonchev–Trinajstić information content (AvgIpc) is 2.64. The van der Waals surface area contributed by atoms with Gasteiger partial charge in [0.05, 0.1) is 0 Å². The zero-order valence-corrected chi connectivity index (χ0v) is 9.47. The number of aromatic nitrogens is 3. The average molecular weight is 222 g/mol. The summed E-state index contributed by atoms with van der Waals surface area (Å²) in [5.74, 6) is 1.60. The summed E-state index contributed by atoms with van der Waals surface area (Å²) < 4.78 is 0. The predicted octanol–water partition coefficient (Wildman–Crippen LogP) is 3.00. The molecule has 1 heterocycles. The van der Waals surface area contributed by atoms with E-state index in [1.807, 2.05) is 32.0 Å². The fourth-order valence-corrected chi connectivity index (χ4v) is 1.74. The van der Waals surface area contributed by atoms with Gasteiger partial charge in [0.2, 0.25) is 0 Å². The molecule has 1 aromatic carbocycles. The van der Waals surface area contributed by atoms with E-state index < -0.39 is 0 Å². The lowest BCUT2D eigenvalue weighted by molar-refractivity contribution is 0.946. The van der Waals surface area contributed by atoms with E-state index in [1.165, 1.54) is 0 Å². The Hall–Kier alpha value is -1.35. The van der Waals surface area contributed by atoms with Gasteiger partial charge in [0.25, 0.3) is 0 Å². The highest BCUT2D eigenvalue weighted by Gasteiger charge is 2.05. The van der Waals surface area contributed by atoms with Crippen LogP contribution in [0, 0.1) is 6.92 Å². The number of halogens is 1. The van der Waals surface area contributed by atoms with Crippen LogP contribution in [0.5, 0.6) is 0 Å². The number of aryl methyl sites for hydroxylation is 2. The summed E-state index contributed by atoms with van der Waals surface area (Å²) in [6.45, 7) is 4.04. The van der Waals surface area contributed by atoms with E-state index in [1.54, 1.807) is 0 Å². The van der Waals surface area contributed by atoms with E-state index in [0.717, 1.165) is 23.4 Å². The van der Waals surface area contributed by atoms with Gasteiger partial charge in [0.15, 0.2) is 5.82 Å². The number of nitrogens with one attached hydrogen (secondary N) is 1. The number of hydrogen-bond donors (Lipinski definition) is 1. The highest BCUT2D eigenvalue weighted by molar-refractivity contribution is 6.30. The van der Waals surface area contributed by atoms with Crippen LogP contribution in [0.25, 0.3) is 11.4 Å². The molecule has 0 atom stereocenters. The summed E-state index contributed by atoms with van der Waals surface area (Å²) in [6, 6.07) is 5.81. The molecule has 0 aliphatic rings. The van der Waals surface area contributed by atoms with Crippen LogP contribution in [0.1, 0.15) is 18.3 Å². The van der Waals surface area contributed by atoms with Crippen LogP contribution in [-0.2, 0) is 6.42 Å². The molecule has 0 fully saturated rings. The zero-order chi connectivity index (χ0) is 10.8. The molecular weight excluding hydrogens is 210 g/mol. The number of aromatic amines is 1. The second kappa shape index (κ2) is 4.03. The van der Waals surface area contributed by atoms with E-state index in [2.05, 4.69) is 15.2 Å². The standard InChI is InChI=1S/C11H12ClN3/c1-3-10-13-11(15-14-10)8-4-7(2)5-9(12)6-8/h4-6H,3H2,1-2H3,(H,13,14,15). The third-order valence-corrected chi connectivity index (χ3v) is 2.39. The van der Waals surface area contributed by atoms with Crippen molar-refractivity contribution in [2.24, 2.45) is 0 Å². The number of nitrogens with zero attached hydrogens (tertiary/aromatic N) is 2. The fraction of sp³-hybridized carbons (Fsp3) is 0.273. The first-order chi connectivity index (χ1) is 7.19. The maximum absolute atomic E-state index is 5.97. The van der Waals surface area contributed by atoms with E-state index >= 15 is 0 Å². The van der Waals surface area contributed by atoms with Crippen molar-refractivity contribution in [3.8, 4) is 11.4 Å². The molecule has 0 aliphatic carbocycles. The van der Waals surface area contributed by atoms with Crippen LogP contribution in [-0.4, -0.2) is 15.2 Å². The van der Waals surface area contributed by atoms with Crippen molar-refractivity contribution in [1.82, 2.24) is 15.2 Å². The van der Waals surface area contributed by atoms with Crippen LogP contribution in [0.15, 0.2) is 18.2 Å². The highest BCUT2D eigenvalue weighted by Crippen LogP contribution is 2.21. The highest BCUT2D eigenvalue weighted by atomic mass is 35.5. The van der Waals surface area contributed by atoms with Gasteiger partial charge < -0.3 is 0 Å². The number of H-pyrrole nitrogens is 1. The quantitative estimate of drug-likeness (QED) is 0.847. The Bertz CT molecular complexity index is 456. The molecule has 0 amide bonds. The molecule has 1 aromatic heterocycles. The summed E-state index contributed by atoms with van der Waals surface area (Å²) in [5, 5.41) is 7.75. The minimum absolute atomic E-state index is 0.706. The molecule has 0 bridgehead atoms. The minimum Gasteiger partial charge on any atom is -0.263 e. The molecule has 2 rings (SSSR count). The lowest BCUT2D eigenvalue weighted by Crippen LogP contribution is -1.84. The number of hydrogen-bond acceptors (Lipinski definition) is 2. The Morgan fingerprint density at radius 3 is 2.73 bits per heavy atom. The molecular formula is C11H12ClN3. The molecule has 4 heteroatoms. The van der Waals surface area contributed by atoms with Crippen molar-refractivity contribution in [2.45, 2.75) is 20.3 Å². The van der Waals surface area contributed by atoms with Crippen LogP contribution in [0.2, 0.25) is 5.02 Å². The summed E-state index contributed by atoms with van der Waals surface area (Å²) in [6.07, 6.45) is 0.854. The molecule has 2 aromatic rings. The van der Waals surface area contributed by atoms with Gasteiger partial charge in [-0.1, -0.05) is 18.5 Å². The fourth-order valence-electron chi connectivity index (χ4n) is 1.45. The van der Waals surface area contributed by atoms with Crippen LogP contribution >= 0.6 is 11.6 Å². The van der Waals surface area contributed by atoms with E-state index in [4.69, 9.17) is 11.6 Å². The molecule has 3 nitrogen and oxygen atoms in total. The van der Waals surface area contributed by atoms with Gasteiger partial charge in [-0.3, -0.25) is 5.10 Å². The van der Waals surface area contributed by atoms with Gasteiger partial charge >= 0.3 is 0 Å². The molecule has 78 valence electrons. The predicted molar refractivity (Wildman–Crippen MR) is 60.9 cm³/mol. The minimum atomic E-state index is 0.706. The molecule has 0 saturated heterocycles. The van der Waals surface area contributed by atoms with Crippen molar-refractivity contribution in [3.05, 3.63) is 34.6 Å². The zero-order valence-electron chi connectivity index (χ0n) is 8.71. The second-order valence-electron chi connectivity index (χ2n) is 3.48. The number of benzene rings is 1. The molecule has 0 spiro atoms. The maximum Gasteiger partial charge on any atom is 0.181 e. The SMILES string of the molecule is CCc1nc(-c2cc(C)cc(Cl)c2)n[nH]1. The van der Waals surface area contributed by atoms with Gasteiger partial charge in [-0.05, 0) is 30.7 Å². The van der Waals surface area contributed by atoms with Gasteiger partial charge in [0.1, 0.15) is 5.82 Å². The smallest absolute Gasteiger partial charge is 0.181 e. The molecule has 0 aliphatic heterocycles. The molecule has 0 saturated carbocycles. The van der Waals surface area contributed by atoms with Gasteiger partial charge in [-0.15, -0.1) is 0 Å². The summed E-state index contributed by atoms with van der Waals surface area (Å²) >= 11 is 5.97. The topological polar surface area (TPSA) is 41.6 Å². The Balaban J connectivity index is 2.44. The van der Waals surface area contributed by atoms with E-state index in [9.17, 15) is 0 Å². The Morgan fingerprint density at radius 2 is 2.13 bits per heavy atom. The number of rotatable bonds is 2. The Kier molecular flexibility index (Phi) is 2.73. The third-order valence-electron chi connectivity index (χ3n) is 2.17. The Labute approximate surface area is 93.5 Å². The normalized spacial score (nSPS) is 10.6. The summed E-state index contributed by atoms with van der Waals surface area (Å²) in [7, 11) is 0. The molecule has 0 unspecified atom stereocenters. The lowest BCUT2D eigenvalue weighted by Gasteiger charge is -1.98. The van der Waals surface area contributed by atoms with Crippen molar-refractivity contribution < 1.29 is 0 Å². The van der Waals surface area contributed by atoms with Crippen LogP contribution < -0.4 is 0 Å². The lowest BCUT2D eigenvalue weighted by atomic mass is 10.1. The monoisotopic (exact) mass is 221 g/mol. The summed E-state index contributed by atoms with van der Waals surface area (Å²) in [4.78, 5) is 4.36. The second-order valence-corrected chi connectivity index (χ2v) is 3.91. The van der Waals surface area contributed by atoms with E-state index in [-0.39, 0.29) is 0 Å². The van der Waals surface area contributed by atoms with Crippen molar-refractivity contribution in [2.75, 3.05) is 0 Å². The molecule has 15 heavy (non-hydrogen) atoms. The van der Waals surface area contributed by atoms with Crippen LogP contribution in [0.4, 0.5) is 0 Å². The maximum atomic E-state index is 5.97.